The van der Waals surface area contributed by atoms with Gasteiger partial charge in [0.15, 0.2) is 0 Å². The molecular formula is C8H13NS2. The molecule has 0 unspecified atom stereocenters. The van der Waals surface area contributed by atoms with Crippen molar-refractivity contribution in [2.45, 2.75) is 25.7 Å². The summed E-state index contributed by atoms with van der Waals surface area (Å²) < 4.78 is 4.24. The number of hydrogen-bond acceptors (Lipinski definition) is 3. The van der Waals surface area contributed by atoms with E-state index >= 15 is 0 Å². The third-order valence-corrected chi connectivity index (χ3v) is 2.50. The van der Waals surface area contributed by atoms with Crippen molar-refractivity contribution in [2.24, 2.45) is 0 Å². The molecule has 0 fully saturated rings. The second kappa shape index (κ2) is 5.61. The van der Waals surface area contributed by atoms with E-state index in [2.05, 4.69) is 23.1 Å². The minimum atomic E-state index is 1.01. The van der Waals surface area contributed by atoms with Crippen LogP contribution in [-0.2, 0) is 6.42 Å². The maximum Gasteiger partial charge on any atom is 0.0542 e. The van der Waals surface area contributed by atoms with E-state index < -0.39 is 0 Å². The largest absolute Gasteiger partial charge is 0.198 e. The van der Waals surface area contributed by atoms with Crippen LogP contribution in [0.5, 0.6) is 0 Å². The van der Waals surface area contributed by atoms with Gasteiger partial charge >= 0.3 is 0 Å². The minimum Gasteiger partial charge on any atom is -0.198 e. The number of thiol groups is 1. The normalized spacial score (nSPS) is 10.3. The lowest BCUT2D eigenvalue weighted by atomic mass is 10.2. The molecule has 0 bridgehead atoms. The minimum absolute atomic E-state index is 1.01. The Balaban J connectivity index is 2.04. The zero-order valence-corrected chi connectivity index (χ0v) is 8.20. The summed E-state index contributed by atoms with van der Waals surface area (Å²) in [6, 6.07) is 2.10. The Morgan fingerprint density at radius 2 is 2.27 bits per heavy atom. The predicted octanol–water partition coefficient (Wildman–Crippen LogP) is 2.79. The quantitative estimate of drug-likeness (QED) is 0.552. The van der Waals surface area contributed by atoms with E-state index in [0.29, 0.717) is 0 Å². The second-order valence-electron chi connectivity index (χ2n) is 2.53. The first kappa shape index (κ1) is 9.07. The summed E-state index contributed by atoms with van der Waals surface area (Å²) in [7, 11) is 0. The molecule has 0 atom stereocenters. The van der Waals surface area contributed by atoms with Gasteiger partial charge < -0.3 is 0 Å². The van der Waals surface area contributed by atoms with Gasteiger partial charge in [0.1, 0.15) is 0 Å². The molecule has 0 N–H and O–H groups in total. The van der Waals surface area contributed by atoms with Crippen molar-refractivity contribution >= 4 is 24.2 Å². The van der Waals surface area contributed by atoms with Crippen LogP contribution in [0.2, 0.25) is 0 Å². The molecule has 3 heteroatoms. The highest BCUT2D eigenvalue weighted by atomic mass is 32.1. The van der Waals surface area contributed by atoms with Crippen molar-refractivity contribution in [1.29, 1.82) is 0 Å². The molecule has 0 aliphatic carbocycles. The summed E-state index contributed by atoms with van der Waals surface area (Å²) in [5.74, 6) is 1.01. The van der Waals surface area contributed by atoms with E-state index in [1.807, 2.05) is 5.38 Å². The average molecular weight is 187 g/mol. The highest BCUT2D eigenvalue weighted by Crippen LogP contribution is 2.06. The van der Waals surface area contributed by atoms with Gasteiger partial charge in [0.05, 0.1) is 5.69 Å². The third-order valence-electron chi connectivity index (χ3n) is 1.58. The van der Waals surface area contributed by atoms with Crippen molar-refractivity contribution in [3.05, 3.63) is 17.1 Å². The lowest BCUT2D eigenvalue weighted by Gasteiger charge is -1.94. The second-order valence-corrected chi connectivity index (χ2v) is 3.64. The lowest BCUT2D eigenvalue weighted by Crippen LogP contribution is -1.85. The molecule has 1 heterocycles. The summed E-state index contributed by atoms with van der Waals surface area (Å²) in [6.07, 6.45) is 4.90. The molecule has 1 nitrogen and oxygen atoms in total. The maximum absolute atomic E-state index is 4.24. The number of hydrogen-bond donors (Lipinski definition) is 1. The molecule has 0 aromatic carbocycles. The Labute approximate surface area is 77.4 Å². The van der Waals surface area contributed by atoms with Gasteiger partial charge in [-0.25, -0.2) is 0 Å². The molecule has 0 spiro atoms. The van der Waals surface area contributed by atoms with Crippen LogP contribution in [0.4, 0.5) is 0 Å². The SMILES string of the molecule is SCCCCCc1ccsn1. The Hall–Kier alpha value is -0.0200. The van der Waals surface area contributed by atoms with E-state index in [4.69, 9.17) is 0 Å². The average Bonchev–Trinajstić information content (AvgIpc) is 2.50. The summed E-state index contributed by atoms with van der Waals surface area (Å²) in [6.45, 7) is 0. The van der Waals surface area contributed by atoms with Gasteiger partial charge in [-0.05, 0) is 42.6 Å². The Kier molecular flexibility index (Phi) is 4.62. The van der Waals surface area contributed by atoms with Crippen LogP contribution in [-0.4, -0.2) is 10.1 Å². The highest BCUT2D eigenvalue weighted by molar-refractivity contribution is 7.80. The molecule has 0 aliphatic rings. The summed E-state index contributed by atoms with van der Waals surface area (Å²) in [5, 5.41) is 2.04. The molecule has 1 aromatic heterocycles. The molecular weight excluding hydrogens is 174 g/mol. The van der Waals surface area contributed by atoms with Crippen molar-refractivity contribution in [3.8, 4) is 0 Å². The smallest absolute Gasteiger partial charge is 0.0542 e. The van der Waals surface area contributed by atoms with E-state index in [0.717, 1.165) is 12.2 Å². The molecule has 0 saturated heterocycles. The van der Waals surface area contributed by atoms with Crippen molar-refractivity contribution in [1.82, 2.24) is 4.37 Å². The number of unbranched alkanes of at least 4 members (excludes halogenated alkanes) is 2. The van der Waals surface area contributed by atoms with Crippen LogP contribution < -0.4 is 0 Å². The van der Waals surface area contributed by atoms with Gasteiger partial charge in [0.2, 0.25) is 0 Å². The first-order valence-electron chi connectivity index (χ1n) is 3.93. The zero-order chi connectivity index (χ0) is 7.94. The molecule has 11 heavy (non-hydrogen) atoms. The molecule has 0 saturated carbocycles. The predicted molar refractivity (Wildman–Crippen MR) is 53.5 cm³/mol. The number of nitrogens with zero attached hydrogens (tertiary/aromatic N) is 1. The van der Waals surface area contributed by atoms with E-state index in [1.54, 1.807) is 0 Å². The van der Waals surface area contributed by atoms with Crippen LogP contribution in [0.1, 0.15) is 25.0 Å². The van der Waals surface area contributed by atoms with Crippen LogP contribution in [0.15, 0.2) is 11.4 Å². The summed E-state index contributed by atoms with van der Waals surface area (Å²) in [5.41, 5.74) is 1.24. The number of aromatic nitrogens is 1. The topological polar surface area (TPSA) is 12.9 Å². The van der Waals surface area contributed by atoms with Gasteiger partial charge in [-0.2, -0.15) is 17.0 Å². The fourth-order valence-corrected chi connectivity index (χ4v) is 1.75. The first-order valence-corrected chi connectivity index (χ1v) is 5.40. The van der Waals surface area contributed by atoms with Gasteiger partial charge in [0.25, 0.3) is 0 Å². The van der Waals surface area contributed by atoms with Crippen LogP contribution in [0, 0.1) is 0 Å². The molecule has 62 valence electrons. The fraction of sp³-hybridized carbons (Fsp3) is 0.625. The molecule has 0 radical (unpaired) electrons. The van der Waals surface area contributed by atoms with Crippen LogP contribution in [0.3, 0.4) is 0 Å². The Bertz CT molecular complexity index is 172. The molecule has 0 aliphatic heterocycles. The van der Waals surface area contributed by atoms with Crippen molar-refractivity contribution in [3.63, 3.8) is 0 Å². The highest BCUT2D eigenvalue weighted by Gasteiger charge is 1.93. The van der Waals surface area contributed by atoms with Crippen molar-refractivity contribution < 1.29 is 0 Å². The van der Waals surface area contributed by atoms with Crippen LogP contribution >= 0.6 is 24.2 Å². The van der Waals surface area contributed by atoms with E-state index in [9.17, 15) is 0 Å². The summed E-state index contributed by atoms with van der Waals surface area (Å²) >= 11 is 5.69. The first-order chi connectivity index (χ1) is 5.43. The molecule has 1 rings (SSSR count). The van der Waals surface area contributed by atoms with Gasteiger partial charge in [-0.15, -0.1) is 0 Å². The molecule has 1 aromatic rings. The number of rotatable bonds is 5. The van der Waals surface area contributed by atoms with Gasteiger partial charge in [0, 0.05) is 5.38 Å². The third kappa shape index (κ3) is 3.77. The van der Waals surface area contributed by atoms with Crippen LogP contribution in [0.25, 0.3) is 0 Å². The lowest BCUT2D eigenvalue weighted by molar-refractivity contribution is 0.717. The van der Waals surface area contributed by atoms with Gasteiger partial charge in [-0.1, -0.05) is 6.42 Å². The van der Waals surface area contributed by atoms with Gasteiger partial charge in [-0.3, -0.25) is 0 Å². The zero-order valence-electron chi connectivity index (χ0n) is 6.49. The molecule has 0 amide bonds. The standard InChI is InChI=1S/C8H13NS2/c10-6-3-1-2-4-8-5-7-11-9-8/h5,7,10H,1-4,6H2. The maximum atomic E-state index is 4.24. The summed E-state index contributed by atoms with van der Waals surface area (Å²) in [4.78, 5) is 0. The fourth-order valence-electron chi connectivity index (χ4n) is 0.961. The monoisotopic (exact) mass is 187 g/mol. The Morgan fingerprint density at radius 1 is 1.36 bits per heavy atom. The van der Waals surface area contributed by atoms with E-state index in [1.165, 1.54) is 36.5 Å². The Morgan fingerprint density at radius 3 is 2.91 bits per heavy atom. The van der Waals surface area contributed by atoms with E-state index in [-0.39, 0.29) is 0 Å². The number of aryl methyl sites for hydroxylation is 1. The van der Waals surface area contributed by atoms with Crippen molar-refractivity contribution in [2.75, 3.05) is 5.75 Å².